The quantitative estimate of drug-likeness (QED) is 0.529. The standard InChI is InChI=1S/C21H18N6O3/c1-13-5-4-10-22-19(13)20(29)24-15-6-3-7-16(11-15)30-17-8-9-18-25-21(23-14(2)28)26-27(18)12-17/h3-12H,1-2H3,(H,24,29)(H,23,26,28). The molecule has 0 saturated carbocycles. The normalized spacial score (nSPS) is 10.6. The fraction of sp³-hybridized carbons (Fsp3) is 0.0952. The number of aromatic nitrogens is 4. The Kier molecular flexibility index (Phi) is 5.08. The monoisotopic (exact) mass is 402 g/mol. The molecule has 0 radical (unpaired) electrons. The highest BCUT2D eigenvalue weighted by molar-refractivity contribution is 6.03. The Hall–Kier alpha value is -4.27. The summed E-state index contributed by atoms with van der Waals surface area (Å²) in [5.41, 5.74) is 2.31. The van der Waals surface area contributed by atoms with Crippen LogP contribution in [0.5, 0.6) is 11.5 Å². The van der Waals surface area contributed by atoms with Crippen LogP contribution in [0.2, 0.25) is 0 Å². The smallest absolute Gasteiger partial charge is 0.274 e. The van der Waals surface area contributed by atoms with Crippen LogP contribution in [-0.4, -0.2) is 31.4 Å². The van der Waals surface area contributed by atoms with Gasteiger partial charge in [0.1, 0.15) is 17.2 Å². The third kappa shape index (κ3) is 4.25. The van der Waals surface area contributed by atoms with E-state index in [0.29, 0.717) is 28.5 Å². The third-order valence-electron chi connectivity index (χ3n) is 4.14. The van der Waals surface area contributed by atoms with Crippen molar-refractivity contribution in [3.05, 3.63) is 72.2 Å². The lowest BCUT2D eigenvalue weighted by atomic mass is 10.2. The highest BCUT2D eigenvalue weighted by Gasteiger charge is 2.11. The number of benzene rings is 1. The van der Waals surface area contributed by atoms with Gasteiger partial charge in [0.2, 0.25) is 11.9 Å². The summed E-state index contributed by atoms with van der Waals surface area (Å²) in [5, 5.41) is 9.55. The number of ether oxygens (including phenoxy) is 1. The maximum atomic E-state index is 12.5. The topological polar surface area (TPSA) is 111 Å². The molecule has 9 heteroatoms. The molecular weight excluding hydrogens is 384 g/mol. The van der Waals surface area contributed by atoms with Crippen molar-refractivity contribution in [1.82, 2.24) is 19.6 Å². The van der Waals surface area contributed by atoms with Gasteiger partial charge in [-0.3, -0.25) is 19.9 Å². The van der Waals surface area contributed by atoms with Crippen LogP contribution in [-0.2, 0) is 4.79 Å². The predicted octanol–water partition coefficient (Wildman–Crippen LogP) is 3.44. The van der Waals surface area contributed by atoms with Gasteiger partial charge in [-0.15, -0.1) is 5.10 Å². The Labute approximate surface area is 171 Å². The maximum absolute atomic E-state index is 12.5. The first-order chi connectivity index (χ1) is 14.5. The lowest BCUT2D eigenvalue weighted by Crippen LogP contribution is -2.15. The van der Waals surface area contributed by atoms with Gasteiger partial charge in [-0.05, 0) is 42.8 Å². The van der Waals surface area contributed by atoms with Gasteiger partial charge in [0, 0.05) is 24.9 Å². The first-order valence-corrected chi connectivity index (χ1v) is 9.13. The van der Waals surface area contributed by atoms with E-state index in [1.54, 1.807) is 54.9 Å². The average Bonchev–Trinajstić information content (AvgIpc) is 3.09. The van der Waals surface area contributed by atoms with Gasteiger partial charge >= 0.3 is 0 Å². The number of rotatable bonds is 5. The van der Waals surface area contributed by atoms with Crippen molar-refractivity contribution in [3.8, 4) is 11.5 Å². The molecule has 0 aliphatic heterocycles. The second-order valence-corrected chi connectivity index (χ2v) is 6.54. The lowest BCUT2D eigenvalue weighted by Gasteiger charge is -2.09. The number of hydrogen-bond donors (Lipinski definition) is 2. The van der Waals surface area contributed by atoms with Crippen LogP contribution in [0.4, 0.5) is 11.6 Å². The summed E-state index contributed by atoms with van der Waals surface area (Å²) in [6.07, 6.45) is 3.23. The molecule has 4 aromatic rings. The Balaban J connectivity index is 1.51. The minimum absolute atomic E-state index is 0.217. The van der Waals surface area contributed by atoms with E-state index in [1.807, 2.05) is 13.0 Å². The number of amides is 2. The molecule has 0 fully saturated rings. The number of aryl methyl sites for hydroxylation is 1. The summed E-state index contributed by atoms with van der Waals surface area (Å²) >= 11 is 0. The van der Waals surface area contributed by atoms with Gasteiger partial charge < -0.3 is 10.1 Å². The van der Waals surface area contributed by atoms with Gasteiger partial charge in [0.15, 0.2) is 5.65 Å². The number of pyridine rings is 2. The van der Waals surface area contributed by atoms with Crippen molar-refractivity contribution >= 4 is 29.1 Å². The highest BCUT2D eigenvalue weighted by Crippen LogP contribution is 2.25. The second-order valence-electron chi connectivity index (χ2n) is 6.54. The highest BCUT2D eigenvalue weighted by atomic mass is 16.5. The zero-order chi connectivity index (χ0) is 21.1. The van der Waals surface area contributed by atoms with Crippen LogP contribution in [0.25, 0.3) is 5.65 Å². The molecular formula is C21H18N6O3. The number of anilines is 2. The summed E-state index contributed by atoms with van der Waals surface area (Å²) in [6, 6.07) is 14.1. The van der Waals surface area contributed by atoms with Crippen LogP contribution < -0.4 is 15.4 Å². The van der Waals surface area contributed by atoms with E-state index in [2.05, 4.69) is 25.7 Å². The van der Waals surface area contributed by atoms with Crippen molar-refractivity contribution in [2.75, 3.05) is 10.6 Å². The van der Waals surface area contributed by atoms with Gasteiger partial charge in [0.05, 0.1) is 6.20 Å². The van der Waals surface area contributed by atoms with Gasteiger partial charge in [-0.25, -0.2) is 4.52 Å². The van der Waals surface area contributed by atoms with E-state index in [0.717, 1.165) is 5.56 Å². The fourth-order valence-corrected chi connectivity index (χ4v) is 2.82. The Morgan fingerprint density at radius 3 is 2.70 bits per heavy atom. The molecule has 9 nitrogen and oxygen atoms in total. The largest absolute Gasteiger partial charge is 0.456 e. The van der Waals surface area contributed by atoms with Crippen LogP contribution in [0, 0.1) is 6.92 Å². The van der Waals surface area contributed by atoms with Crippen LogP contribution in [0.15, 0.2) is 60.9 Å². The molecule has 2 N–H and O–H groups in total. The third-order valence-corrected chi connectivity index (χ3v) is 4.14. The molecule has 0 unspecified atom stereocenters. The Bertz CT molecular complexity index is 1250. The minimum Gasteiger partial charge on any atom is -0.456 e. The molecule has 0 saturated heterocycles. The van der Waals surface area contributed by atoms with E-state index in [9.17, 15) is 9.59 Å². The summed E-state index contributed by atoms with van der Waals surface area (Å²) in [4.78, 5) is 31.9. The molecule has 0 spiro atoms. The van der Waals surface area contributed by atoms with E-state index in [-0.39, 0.29) is 17.8 Å². The number of nitrogens with one attached hydrogen (secondary N) is 2. The van der Waals surface area contributed by atoms with Crippen LogP contribution >= 0.6 is 0 Å². The number of fused-ring (bicyclic) bond motifs is 1. The number of hydrogen-bond acceptors (Lipinski definition) is 6. The lowest BCUT2D eigenvalue weighted by molar-refractivity contribution is -0.114. The van der Waals surface area contributed by atoms with Crippen molar-refractivity contribution in [3.63, 3.8) is 0 Å². The molecule has 3 aromatic heterocycles. The number of carbonyl (C=O) groups excluding carboxylic acids is 2. The minimum atomic E-state index is -0.292. The first-order valence-electron chi connectivity index (χ1n) is 9.13. The van der Waals surface area contributed by atoms with E-state index in [1.165, 1.54) is 11.4 Å². The van der Waals surface area contributed by atoms with Gasteiger partial charge in [0.25, 0.3) is 5.91 Å². The molecule has 0 atom stereocenters. The summed E-state index contributed by atoms with van der Waals surface area (Å²) < 4.78 is 7.40. The summed E-state index contributed by atoms with van der Waals surface area (Å²) in [6.45, 7) is 3.22. The molecule has 1 aromatic carbocycles. The Morgan fingerprint density at radius 1 is 1.03 bits per heavy atom. The molecule has 2 amide bonds. The van der Waals surface area contributed by atoms with Crippen molar-refractivity contribution in [2.45, 2.75) is 13.8 Å². The summed E-state index contributed by atoms with van der Waals surface area (Å²) in [7, 11) is 0. The molecule has 0 aliphatic carbocycles. The second kappa shape index (κ2) is 8.00. The van der Waals surface area contributed by atoms with Gasteiger partial charge in [-0.1, -0.05) is 12.1 Å². The molecule has 0 bridgehead atoms. The SMILES string of the molecule is CC(=O)Nc1nc2ccc(Oc3cccc(NC(=O)c4ncccc4C)c3)cn2n1. The van der Waals surface area contributed by atoms with E-state index >= 15 is 0 Å². The zero-order valence-corrected chi connectivity index (χ0v) is 16.3. The van der Waals surface area contributed by atoms with Crippen LogP contribution in [0.3, 0.4) is 0 Å². The molecule has 150 valence electrons. The van der Waals surface area contributed by atoms with Crippen molar-refractivity contribution in [1.29, 1.82) is 0 Å². The van der Waals surface area contributed by atoms with E-state index in [4.69, 9.17) is 4.74 Å². The predicted molar refractivity (Wildman–Crippen MR) is 111 cm³/mol. The Morgan fingerprint density at radius 2 is 1.90 bits per heavy atom. The molecule has 0 aliphatic rings. The number of nitrogens with zero attached hydrogens (tertiary/aromatic N) is 4. The molecule has 4 rings (SSSR count). The first kappa shape index (κ1) is 19.1. The molecule has 3 heterocycles. The fourth-order valence-electron chi connectivity index (χ4n) is 2.82. The zero-order valence-electron chi connectivity index (χ0n) is 16.3. The van der Waals surface area contributed by atoms with Crippen molar-refractivity contribution < 1.29 is 14.3 Å². The van der Waals surface area contributed by atoms with E-state index < -0.39 is 0 Å². The number of carbonyl (C=O) groups is 2. The average molecular weight is 402 g/mol. The maximum Gasteiger partial charge on any atom is 0.274 e. The summed E-state index contributed by atoms with van der Waals surface area (Å²) in [5.74, 6) is 0.731. The van der Waals surface area contributed by atoms with Crippen molar-refractivity contribution in [2.24, 2.45) is 0 Å². The molecule has 30 heavy (non-hydrogen) atoms. The van der Waals surface area contributed by atoms with Gasteiger partial charge in [-0.2, -0.15) is 4.98 Å². The van der Waals surface area contributed by atoms with Crippen LogP contribution in [0.1, 0.15) is 23.0 Å².